The third-order valence-corrected chi connectivity index (χ3v) is 10.9. The molecular weight excluding hydrogens is 581 g/mol. The van der Waals surface area contributed by atoms with Crippen LogP contribution in [0.4, 0.5) is 17.1 Å². The zero-order valence-corrected chi connectivity index (χ0v) is 26.1. The number of nitrogens with zero attached hydrogens (tertiary/aromatic N) is 4. The summed E-state index contributed by atoms with van der Waals surface area (Å²) < 4.78 is 4.71. The highest BCUT2D eigenvalue weighted by Gasteiger charge is 2.37. The molecule has 4 nitrogen and oxygen atoms in total. The van der Waals surface area contributed by atoms with Gasteiger partial charge in [0, 0.05) is 27.0 Å². The van der Waals surface area contributed by atoms with E-state index in [0.717, 1.165) is 27.5 Å². The smallest absolute Gasteiger partial charge is 0.0991 e. The largest absolute Gasteiger partial charge is 0.308 e. The SMILES string of the molecule is CC1(C)c2ccccc2N(c2cccc3c2sc2c(-n4c5ccc(C#N)cc5c5cc(C#N)ccc54)cccc23)c2ccccc21. The summed E-state index contributed by atoms with van der Waals surface area (Å²) in [6.45, 7) is 4.64. The van der Waals surface area contributed by atoms with Gasteiger partial charge in [0.2, 0.25) is 0 Å². The lowest BCUT2D eigenvalue weighted by Gasteiger charge is -2.42. The van der Waals surface area contributed by atoms with Gasteiger partial charge < -0.3 is 9.47 Å². The van der Waals surface area contributed by atoms with Gasteiger partial charge in [-0.1, -0.05) is 74.5 Å². The number of thiophene rings is 1. The van der Waals surface area contributed by atoms with Gasteiger partial charge in [0.25, 0.3) is 0 Å². The first-order chi connectivity index (χ1) is 22.5. The Morgan fingerprint density at radius 1 is 0.522 bits per heavy atom. The van der Waals surface area contributed by atoms with Crippen molar-refractivity contribution in [2.75, 3.05) is 4.90 Å². The van der Waals surface area contributed by atoms with Crippen molar-refractivity contribution in [3.8, 4) is 17.8 Å². The summed E-state index contributed by atoms with van der Waals surface area (Å²) in [7, 11) is 0. The van der Waals surface area contributed by atoms with Crippen LogP contribution in [0.1, 0.15) is 36.1 Å². The molecule has 5 heteroatoms. The van der Waals surface area contributed by atoms with Crippen molar-refractivity contribution in [2.24, 2.45) is 0 Å². The van der Waals surface area contributed by atoms with Crippen molar-refractivity contribution in [1.82, 2.24) is 4.57 Å². The second-order valence-electron chi connectivity index (χ2n) is 12.4. The van der Waals surface area contributed by atoms with Crippen LogP contribution in [0.3, 0.4) is 0 Å². The minimum atomic E-state index is -0.127. The molecule has 1 aliphatic rings. The van der Waals surface area contributed by atoms with Crippen LogP contribution in [0, 0.1) is 22.7 Å². The van der Waals surface area contributed by atoms with Crippen LogP contribution in [0.25, 0.3) is 47.7 Å². The maximum atomic E-state index is 9.69. The maximum Gasteiger partial charge on any atom is 0.0991 e. The van der Waals surface area contributed by atoms with Crippen molar-refractivity contribution < 1.29 is 0 Å². The van der Waals surface area contributed by atoms with Gasteiger partial charge in [-0.3, -0.25) is 0 Å². The van der Waals surface area contributed by atoms with Crippen molar-refractivity contribution in [1.29, 1.82) is 10.5 Å². The molecule has 46 heavy (non-hydrogen) atoms. The highest BCUT2D eigenvalue weighted by molar-refractivity contribution is 7.26. The Morgan fingerprint density at radius 2 is 1.00 bits per heavy atom. The van der Waals surface area contributed by atoms with Gasteiger partial charge in [0.05, 0.1) is 66.4 Å². The Bertz CT molecular complexity index is 2540. The van der Waals surface area contributed by atoms with Crippen LogP contribution < -0.4 is 4.90 Å². The summed E-state index contributed by atoms with van der Waals surface area (Å²) in [5, 5.41) is 23.7. The van der Waals surface area contributed by atoms with E-state index >= 15 is 0 Å². The van der Waals surface area contributed by atoms with Crippen LogP contribution in [0.5, 0.6) is 0 Å². The zero-order chi connectivity index (χ0) is 31.2. The summed E-state index contributed by atoms with van der Waals surface area (Å²) >= 11 is 1.82. The maximum absolute atomic E-state index is 9.69. The highest BCUT2D eigenvalue weighted by atomic mass is 32.1. The number of para-hydroxylation sites is 2. The van der Waals surface area contributed by atoms with Gasteiger partial charge in [-0.2, -0.15) is 10.5 Å². The number of hydrogen-bond donors (Lipinski definition) is 0. The number of benzene rings is 6. The molecule has 8 aromatic rings. The molecule has 0 amide bonds. The monoisotopic (exact) mass is 606 g/mol. The standard InChI is InChI=1S/C41H26N4S/c1-41(2)31-11-3-5-13-35(31)45(36-14-6-4-12-32(36)41)38-16-8-10-28-27-9-7-15-37(39(27)46-40(28)38)44-33-19-17-25(23-42)21-29(33)30-22-26(24-43)18-20-34(30)44/h3-22H,1-2H3. The van der Waals surface area contributed by atoms with E-state index < -0.39 is 0 Å². The molecule has 0 spiro atoms. The predicted octanol–water partition coefficient (Wildman–Crippen LogP) is 11.0. The third-order valence-electron chi connectivity index (χ3n) is 9.62. The fourth-order valence-corrected chi connectivity index (χ4v) is 8.80. The van der Waals surface area contributed by atoms with E-state index in [2.05, 4.69) is 120 Å². The molecule has 0 N–H and O–H groups in total. The van der Waals surface area contributed by atoms with Crippen LogP contribution in [0.15, 0.2) is 121 Å². The fraction of sp³-hybridized carbons (Fsp3) is 0.0732. The number of anilines is 3. The Morgan fingerprint density at radius 3 is 1.54 bits per heavy atom. The lowest BCUT2D eigenvalue weighted by atomic mass is 9.73. The second kappa shape index (κ2) is 9.56. The molecule has 0 saturated carbocycles. The van der Waals surface area contributed by atoms with E-state index in [9.17, 15) is 10.5 Å². The van der Waals surface area contributed by atoms with Crippen molar-refractivity contribution in [3.63, 3.8) is 0 Å². The quantitative estimate of drug-likeness (QED) is 0.197. The normalized spacial score (nSPS) is 13.5. The van der Waals surface area contributed by atoms with Crippen molar-refractivity contribution >= 4 is 70.4 Å². The fourth-order valence-electron chi connectivity index (χ4n) is 7.49. The van der Waals surface area contributed by atoms with Crippen molar-refractivity contribution in [3.05, 3.63) is 144 Å². The zero-order valence-electron chi connectivity index (χ0n) is 25.2. The van der Waals surface area contributed by atoms with Crippen LogP contribution >= 0.6 is 11.3 Å². The van der Waals surface area contributed by atoms with E-state index in [4.69, 9.17) is 0 Å². The average molecular weight is 607 g/mol. The van der Waals surface area contributed by atoms with Gasteiger partial charge in [-0.05, 0) is 71.8 Å². The minimum Gasteiger partial charge on any atom is -0.308 e. The Kier molecular flexibility index (Phi) is 5.51. The van der Waals surface area contributed by atoms with Crippen molar-refractivity contribution in [2.45, 2.75) is 19.3 Å². The van der Waals surface area contributed by atoms with Gasteiger partial charge >= 0.3 is 0 Å². The molecule has 3 heterocycles. The molecule has 0 radical (unpaired) electrons. The number of aromatic nitrogens is 1. The molecule has 6 aromatic carbocycles. The van der Waals surface area contributed by atoms with E-state index in [1.807, 2.05) is 47.7 Å². The molecule has 0 fully saturated rings. The first kappa shape index (κ1) is 26.5. The first-order valence-electron chi connectivity index (χ1n) is 15.3. The average Bonchev–Trinajstić information content (AvgIpc) is 3.64. The number of rotatable bonds is 2. The van der Waals surface area contributed by atoms with Gasteiger partial charge in [0.1, 0.15) is 0 Å². The first-order valence-corrected chi connectivity index (χ1v) is 16.1. The summed E-state index contributed by atoms with van der Waals surface area (Å²) in [5.74, 6) is 0. The third kappa shape index (κ3) is 3.52. The van der Waals surface area contributed by atoms with Gasteiger partial charge in [0.15, 0.2) is 0 Å². The van der Waals surface area contributed by atoms with Crippen LogP contribution in [-0.4, -0.2) is 4.57 Å². The molecule has 0 saturated heterocycles. The Hall–Kier alpha value is -5.88. The summed E-state index contributed by atoms with van der Waals surface area (Å²) in [6, 6.07) is 47.0. The molecule has 9 rings (SSSR count). The summed E-state index contributed by atoms with van der Waals surface area (Å²) in [6.07, 6.45) is 0. The van der Waals surface area contributed by atoms with E-state index in [1.165, 1.54) is 48.4 Å². The number of nitriles is 2. The van der Waals surface area contributed by atoms with E-state index in [0.29, 0.717) is 11.1 Å². The molecular formula is C41H26N4S. The van der Waals surface area contributed by atoms with E-state index in [1.54, 1.807) is 0 Å². The van der Waals surface area contributed by atoms with Gasteiger partial charge in [-0.25, -0.2) is 0 Å². The molecule has 1 aliphatic heterocycles. The lowest BCUT2D eigenvalue weighted by Crippen LogP contribution is -2.30. The number of hydrogen-bond acceptors (Lipinski definition) is 4. The second-order valence-corrected chi connectivity index (χ2v) is 13.4. The number of fused-ring (bicyclic) bond motifs is 8. The molecule has 216 valence electrons. The summed E-state index contributed by atoms with van der Waals surface area (Å²) in [5.41, 5.74) is 10.4. The molecule has 0 bridgehead atoms. The predicted molar refractivity (Wildman–Crippen MR) is 190 cm³/mol. The Labute approximate surface area is 270 Å². The topological polar surface area (TPSA) is 55.8 Å². The molecule has 2 aromatic heterocycles. The van der Waals surface area contributed by atoms with Crippen LogP contribution in [-0.2, 0) is 5.41 Å². The highest BCUT2D eigenvalue weighted by Crippen LogP contribution is 2.54. The van der Waals surface area contributed by atoms with Gasteiger partial charge in [-0.15, -0.1) is 11.3 Å². The molecule has 0 atom stereocenters. The molecule has 0 aliphatic carbocycles. The molecule has 0 unspecified atom stereocenters. The van der Waals surface area contributed by atoms with E-state index in [-0.39, 0.29) is 5.41 Å². The van der Waals surface area contributed by atoms with Crippen LogP contribution in [0.2, 0.25) is 0 Å². The minimum absolute atomic E-state index is 0.127. The lowest BCUT2D eigenvalue weighted by molar-refractivity contribution is 0.632. The Balaban J connectivity index is 1.35. The summed E-state index contributed by atoms with van der Waals surface area (Å²) in [4.78, 5) is 2.45.